The summed E-state index contributed by atoms with van der Waals surface area (Å²) < 4.78 is 1.87. The SMILES string of the molecule is CCCn1nncc1C1(O)CCC(C)(C)CC1C. The van der Waals surface area contributed by atoms with Crippen molar-refractivity contribution >= 4 is 0 Å². The Morgan fingerprint density at radius 3 is 2.78 bits per heavy atom. The predicted octanol–water partition coefficient (Wildman–Crippen LogP) is 2.72. The molecule has 2 atom stereocenters. The maximum Gasteiger partial charge on any atom is 0.110 e. The van der Waals surface area contributed by atoms with Gasteiger partial charge in [-0.1, -0.05) is 32.9 Å². The van der Waals surface area contributed by atoms with Gasteiger partial charge in [-0.3, -0.25) is 0 Å². The molecule has 0 saturated heterocycles. The molecule has 2 unspecified atom stereocenters. The maximum absolute atomic E-state index is 11.0. The van der Waals surface area contributed by atoms with Gasteiger partial charge in [0, 0.05) is 6.54 Å². The Kier molecular flexibility index (Phi) is 3.49. The Balaban J connectivity index is 2.28. The second kappa shape index (κ2) is 4.65. The van der Waals surface area contributed by atoms with Crippen LogP contribution in [-0.2, 0) is 12.1 Å². The first-order chi connectivity index (χ1) is 8.39. The second-order valence-corrected chi connectivity index (χ2v) is 6.54. The van der Waals surface area contributed by atoms with Crippen molar-refractivity contribution in [3.8, 4) is 0 Å². The number of hydrogen-bond donors (Lipinski definition) is 1. The van der Waals surface area contributed by atoms with E-state index < -0.39 is 5.60 Å². The molecule has 1 heterocycles. The van der Waals surface area contributed by atoms with Crippen LogP contribution in [-0.4, -0.2) is 20.1 Å². The Morgan fingerprint density at radius 1 is 1.44 bits per heavy atom. The first-order valence-electron chi connectivity index (χ1n) is 7.00. The van der Waals surface area contributed by atoms with Crippen LogP contribution < -0.4 is 0 Å². The van der Waals surface area contributed by atoms with Gasteiger partial charge in [0.05, 0.1) is 11.9 Å². The lowest BCUT2D eigenvalue weighted by molar-refractivity contribution is -0.0829. The van der Waals surface area contributed by atoms with Gasteiger partial charge in [0.25, 0.3) is 0 Å². The van der Waals surface area contributed by atoms with Crippen LogP contribution in [0.2, 0.25) is 0 Å². The van der Waals surface area contributed by atoms with Gasteiger partial charge in [-0.15, -0.1) is 5.10 Å². The molecule has 1 N–H and O–H groups in total. The highest BCUT2D eigenvalue weighted by atomic mass is 16.3. The van der Waals surface area contributed by atoms with Gasteiger partial charge in [0.2, 0.25) is 0 Å². The van der Waals surface area contributed by atoms with Crippen molar-refractivity contribution in [1.29, 1.82) is 0 Å². The van der Waals surface area contributed by atoms with Gasteiger partial charge in [-0.25, -0.2) is 4.68 Å². The summed E-state index contributed by atoms with van der Waals surface area (Å²) in [5, 5.41) is 19.1. The minimum absolute atomic E-state index is 0.246. The number of aliphatic hydroxyl groups is 1. The lowest BCUT2D eigenvalue weighted by atomic mass is 9.64. The van der Waals surface area contributed by atoms with Crippen molar-refractivity contribution in [1.82, 2.24) is 15.0 Å². The van der Waals surface area contributed by atoms with Crippen molar-refractivity contribution in [3.63, 3.8) is 0 Å². The monoisotopic (exact) mass is 251 g/mol. The fourth-order valence-corrected chi connectivity index (χ4v) is 3.23. The molecule has 102 valence electrons. The van der Waals surface area contributed by atoms with Crippen molar-refractivity contribution in [2.24, 2.45) is 11.3 Å². The van der Waals surface area contributed by atoms with E-state index in [4.69, 9.17) is 0 Å². The summed E-state index contributed by atoms with van der Waals surface area (Å²) >= 11 is 0. The molecule has 0 radical (unpaired) electrons. The summed E-state index contributed by atoms with van der Waals surface area (Å²) in [6, 6.07) is 0. The zero-order chi connectivity index (χ0) is 13.4. The van der Waals surface area contributed by atoms with E-state index in [2.05, 4.69) is 38.0 Å². The molecule has 0 aromatic carbocycles. The zero-order valence-electron chi connectivity index (χ0n) is 12.0. The Morgan fingerprint density at radius 2 is 2.17 bits per heavy atom. The average molecular weight is 251 g/mol. The summed E-state index contributed by atoms with van der Waals surface area (Å²) in [4.78, 5) is 0. The van der Waals surface area contributed by atoms with E-state index in [1.165, 1.54) is 0 Å². The normalized spacial score (nSPS) is 31.5. The van der Waals surface area contributed by atoms with E-state index >= 15 is 0 Å². The fourth-order valence-electron chi connectivity index (χ4n) is 3.23. The molecule has 0 bridgehead atoms. The lowest BCUT2D eigenvalue weighted by Gasteiger charge is -2.45. The molecule has 0 spiro atoms. The third-order valence-corrected chi connectivity index (χ3v) is 4.35. The predicted molar refractivity (Wildman–Crippen MR) is 71.0 cm³/mol. The van der Waals surface area contributed by atoms with E-state index in [1.54, 1.807) is 6.20 Å². The molecule has 18 heavy (non-hydrogen) atoms. The molecule has 4 heteroatoms. The lowest BCUT2D eigenvalue weighted by Crippen LogP contribution is -2.43. The van der Waals surface area contributed by atoms with Crippen molar-refractivity contribution in [3.05, 3.63) is 11.9 Å². The molecule has 4 nitrogen and oxygen atoms in total. The van der Waals surface area contributed by atoms with E-state index in [1.807, 2.05) is 4.68 Å². The molecule has 1 aliphatic carbocycles. The number of hydrogen-bond acceptors (Lipinski definition) is 3. The number of aromatic nitrogens is 3. The van der Waals surface area contributed by atoms with Crippen molar-refractivity contribution in [2.45, 2.75) is 65.5 Å². The number of rotatable bonds is 3. The van der Waals surface area contributed by atoms with Crippen LogP contribution in [0.25, 0.3) is 0 Å². The first kappa shape index (κ1) is 13.5. The number of aryl methyl sites for hydroxylation is 1. The summed E-state index contributed by atoms with van der Waals surface area (Å²) in [6.45, 7) is 9.65. The van der Waals surface area contributed by atoms with Crippen LogP contribution in [0, 0.1) is 11.3 Å². The van der Waals surface area contributed by atoms with Crippen LogP contribution in [0.15, 0.2) is 6.20 Å². The molecule has 1 saturated carbocycles. The minimum Gasteiger partial charge on any atom is -0.383 e. The molecule has 1 aromatic rings. The van der Waals surface area contributed by atoms with Gasteiger partial charge < -0.3 is 5.11 Å². The quantitative estimate of drug-likeness (QED) is 0.898. The molecule has 2 rings (SSSR count). The molecule has 1 aromatic heterocycles. The third-order valence-electron chi connectivity index (χ3n) is 4.35. The van der Waals surface area contributed by atoms with Gasteiger partial charge in [-0.2, -0.15) is 0 Å². The molecule has 0 amide bonds. The topological polar surface area (TPSA) is 50.9 Å². The molecular formula is C14H25N3O. The molecular weight excluding hydrogens is 226 g/mol. The highest BCUT2D eigenvalue weighted by Gasteiger charge is 2.45. The molecule has 1 fully saturated rings. The van der Waals surface area contributed by atoms with E-state index in [0.29, 0.717) is 5.41 Å². The van der Waals surface area contributed by atoms with Gasteiger partial charge in [0.1, 0.15) is 5.60 Å². The minimum atomic E-state index is -0.756. The largest absolute Gasteiger partial charge is 0.383 e. The Bertz CT molecular complexity index is 413. The standard InChI is InChI=1S/C14H25N3O/c1-5-8-17-12(10-15-16-17)14(18)7-6-13(3,4)9-11(14)2/h10-11,18H,5-9H2,1-4H3. The second-order valence-electron chi connectivity index (χ2n) is 6.54. The Hall–Kier alpha value is -0.900. The average Bonchev–Trinajstić information content (AvgIpc) is 2.73. The molecule has 0 aliphatic heterocycles. The molecule has 1 aliphatic rings. The van der Waals surface area contributed by atoms with Gasteiger partial charge >= 0.3 is 0 Å². The highest BCUT2D eigenvalue weighted by molar-refractivity contribution is 5.12. The summed E-state index contributed by atoms with van der Waals surface area (Å²) in [5.41, 5.74) is 0.468. The van der Waals surface area contributed by atoms with Gasteiger partial charge in [-0.05, 0) is 37.0 Å². The summed E-state index contributed by atoms with van der Waals surface area (Å²) in [6.07, 6.45) is 5.64. The van der Waals surface area contributed by atoms with Crippen molar-refractivity contribution in [2.75, 3.05) is 0 Å². The van der Waals surface area contributed by atoms with Crippen molar-refractivity contribution < 1.29 is 5.11 Å². The summed E-state index contributed by atoms with van der Waals surface area (Å²) in [7, 11) is 0. The van der Waals surface area contributed by atoms with Crippen LogP contribution >= 0.6 is 0 Å². The zero-order valence-corrected chi connectivity index (χ0v) is 12.0. The van der Waals surface area contributed by atoms with Crippen LogP contribution in [0.5, 0.6) is 0 Å². The third kappa shape index (κ3) is 2.30. The van der Waals surface area contributed by atoms with Crippen LogP contribution in [0.4, 0.5) is 0 Å². The van der Waals surface area contributed by atoms with Crippen LogP contribution in [0.3, 0.4) is 0 Å². The van der Waals surface area contributed by atoms with E-state index in [-0.39, 0.29) is 5.92 Å². The summed E-state index contributed by atoms with van der Waals surface area (Å²) in [5.74, 6) is 0.246. The van der Waals surface area contributed by atoms with Gasteiger partial charge in [0.15, 0.2) is 0 Å². The van der Waals surface area contributed by atoms with E-state index in [9.17, 15) is 5.11 Å². The highest BCUT2D eigenvalue weighted by Crippen LogP contribution is 2.48. The fraction of sp³-hybridized carbons (Fsp3) is 0.857. The smallest absolute Gasteiger partial charge is 0.110 e. The van der Waals surface area contributed by atoms with E-state index in [0.717, 1.165) is 37.9 Å². The first-order valence-corrected chi connectivity index (χ1v) is 7.00. The van der Waals surface area contributed by atoms with Crippen LogP contribution in [0.1, 0.15) is 59.1 Å². The Labute approximate surface area is 109 Å². The number of nitrogens with zero attached hydrogens (tertiary/aromatic N) is 3. The maximum atomic E-state index is 11.0.